The second-order valence-corrected chi connectivity index (χ2v) is 3.90. The van der Waals surface area contributed by atoms with Crippen LogP contribution in [0.2, 0.25) is 0 Å². The SMILES string of the molecule is COC(=O)CNCCN1CCN(C)CC1. The highest BCUT2D eigenvalue weighted by Crippen LogP contribution is 1.97. The number of hydrogen-bond donors (Lipinski definition) is 1. The smallest absolute Gasteiger partial charge is 0.319 e. The van der Waals surface area contributed by atoms with Crippen molar-refractivity contribution in [3.8, 4) is 0 Å². The highest BCUT2D eigenvalue weighted by molar-refractivity contribution is 5.71. The Morgan fingerprint density at radius 1 is 1.33 bits per heavy atom. The lowest BCUT2D eigenvalue weighted by Gasteiger charge is -2.32. The maximum Gasteiger partial charge on any atom is 0.319 e. The second kappa shape index (κ2) is 6.76. The molecule has 1 fully saturated rings. The molecule has 5 heteroatoms. The molecule has 88 valence electrons. The summed E-state index contributed by atoms with van der Waals surface area (Å²) in [7, 11) is 3.55. The van der Waals surface area contributed by atoms with Gasteiger partial charge in [0.25, 0.3) is 0 Å². The van der Waals surface area contributed by atoms with Crippen LogP contribution in [0.4, 0.5) is 0 Å². The van der Waals surface area contributed by atoms with Crippen molar-refractivity contribution in [2.75, 3.05) is 60.0 Å². The molecule has 0 bridgehead atoms. The lowest BCUT2D eigenvalue weighted by Crippen LogP contribution is -2.46. The summed E-state index contributed by atoms with van der Waals surface area (Å²) in [5, 5.41) is 3.06. The van der Waals surface area contributed by atoms with Gasteiger partial charge in [-0.1, -0.05) is 0 Å². The summed E-state index contributed by atoms with van der Waals surface area (Å²) in [5.41, 5.74) is 0. The van der Waals surface area contributed by atoms with Crippen LogP contribution in [0.3, 0.4) is 0 Å². The number of methoxy groups -OCH3 is 1. The summed E-state index contributed by atoms with van der Waals surface area (Å²) in [6.45, 7) is 6.68. The van der Waals surface area contributed by atoms with Gasteiger partial charge in [-0.05, 0) is 7.05 Å². The number of carbonyl (C=O) groups is 1. The zero-order valence-electron chi connectivity index (χ0n) is 9.66. The molecule has 0 radical (unpaired) electrons. The Kier molecular flexibility index (Phi) is 5.60. The third-order valence-electron chi connectivity index (χ3n) is 2.70. The molecule has 1 aliphatic heterocycles. The molecule has 0 atom stereocenters. The molecule has 1 heterocycles. The van der Waals surface area contributed by atoms with Crippen molar-refractivity contribution < 1.29 is 9.53 Å². The van der Waals surface area contributed by atoms with E-state index in [1.807, 2.05) is 0 Å². The minimum absolute atomic E-state index is 0.201. The standard InChI is InChI=1S/C10H21N3O2/c1-12-5-7-13(8-6-12)4-3-11-9-10(14)15-2/h11H,3-9H2,1-2H3. The van der Waals surface area contributed by atoms with E-state index >= 15 is 0 Å². The van der Waals surface area contributed by atoms with Crippen molar-refractivity contribution in [3.05, 3.63) is 0 Å². The molecule has 0 aromatic heterocycles. The van der Waals surface area contributed by atoms with Crippen LogP contribution in [0.1, 0.15) is 0 Å². The molecule has 1 aliphatic rings. The van der Waals surface area contributed by atoms with Crippen molar-refractivity contribution in [1.29, 1.82) is 0 Å². The fourth-order valence-electron chi connectivity index (χ4n) is 1.57. The number of nitrogens with zero attached hydrogens (tertiary/aromatic N) is 2. The number of likely N-dealkylation sites (N-methyl/N-ethyl adjacent to an activating group) is 1. The first-order chi connectivity index (χ1) is 7.22. The summed E-state index contributed by atoms with van der Waals surface area (Å²) in [5.74, 6) is -0.201. The summed E-state index contributed by atoms with van der Waals surface area (Å²) < 4.78 is 4.53. The third kappa shape index (κ3) is 5.11. The lowest BCUT2D eigenvalue weighted by atomic mass is 10.3. The molecule has 0 aromatic rings. The molecule has 0 amide bonds. The van der Waals surface area contributed by atoms with E-state index in [1.54, 1.807) is 0 Å². The molecular weight excluding hydrogens is 194 g/mol. The highest BCUT2D eigenvalue weighted by atomic mass is 16.5. The van der Waals surface area contributed by atoms with Gasteiger partial charge in [0.05, 0.1) is 13.7 Å². The summed E-state index contributed by atoms with van der Waals surface area (Å²) in [6, 6.07) is 0. The molecule has 5 nitrogen and oxygen atoms in total. The number of piperazine rings is 1. The number of esters is 1. The molecule has 1 N–H and O–H groups in total. The van der Waals surface area contributed by atoms with Crippen LogP contribution >= 0.6 is 0 Å². The largest absolute Gasteiger partial charge is 0.468 e. The normalized spacial score (nSPS) is 19.1. The predicted molar refractivity (Wildman–Crippen MR) is 58.8 cm³/mol. The van der Waals surface area contributed by atoms with Gasteiger partial charge in [0, 0.05) is 39.3 Å². The lowest BCUT2D eigenvalue weighted by molar-refractivity contribution is -0.139. The van der Waals surface area contributed by atoms with E-state index in [4.69, 9.17) is 0 Å². The van der Waals surface area contributed by atoms with E-state index in [9.17, 15) is 4.79 Å². The Labute approximate surface area is 91.4 Å². The van der Waals surface area contributed by atoms with Crippen molar-refractivity contribution in [3.63, 3.8) is 0 Å². The molecule has 0 saturated carbocycles. The van der Waals surface area contributed by atoms with Crippen molar-refractivity contribution >= 4 is 5.97 Å². The summed E-state index contributed by atoms with van der Waals surface area (Å²) in [6.07, 6.45) is 0. The molecule has 0 spiro atoms. The Morgan fingerprint density at radius 3 is 2.60 bits per heavy atom. The van der Waals surface area contributed by atoms with E-state index < -0.39 is 0 Å². The van der Waals surface area contributed by atoms with E-state index in [2.05, 4.69) is 26.9 Å². The van der Waals surface area contributed by atoms with Gasteiger partial charge in [-0.2, -0.15) is 0 Å². The van der Waals surface area contributed by atoms with Gasteiger partial charge >= 0.3 is 5.97 Å². The average molecular weight is 215 g/mol. The van der Waals surface area contributed by atoms with Gasteiger partial charge < -0.3 is 15.0 Å². The molecular formula is C10H21N3O2. The average Bonchev–Trinajstić information content (AvgIpc) is 2.26. The van der Waals surface area contributed by atoms with Crippen molar-refractivity contribution in [1.82, 2.24) is 15.1 Å². The Bertz CT molecular complexity index is 191. The van der Waals surface area contributed by atoms with E-state index in [0.717, 1.165) is 39.3 Å². The molecule has 0 aliphatic carbocycles. The zero-order chi connectivity index (χ0) is 11.1. The topological polar surface area (TPSA) is 44.8 Å². The maximum atomic E-state index is 10.8. The predicted octanol–water partition coefficient (Wildman–Crippen LogP) is -1.00. The van der Waals surface area contributed by atoms with E-state index in [0.29, 0.717) is 6.54 Å². The maximum absolute atomic E-state index is 10.8. The number of hydrogen-bond acceptors (Lipinski definition) is 5. The van der Waals surface area contributed by atoms with Crippen LogP contribution < -0.4 is 5.32 Å². The van der Waals surface area contributed by atoms with Crippen LogP contribution in [0, 0.1) is 0 Å². The monoisotopic (exact) mass is 215 g/mol. The van der Waals surface area contributed by atoms with Gasteiger partial charge in [-0.3, -0.25) is 9.69 Å². The fourth-order valence-corrected chi connectivity index (χ4v) is 1.57. The minimum Gasteiger partial charge on any atom is -0.468 e. The van der Waals surface area contributed by atoms with E-state index in [1.165, 1.54) is 7.11 Å². The Morgan fingerprint density at radius 2 is 2.00 bits per heavy atom. The molecule has 1 saturated heterocycles. The van der Waals surface area contributed by atoms with Gasteiger partial charge in [0.15, 0.2) is 0 Å². The van der Waals surface area contributed by atoms with Gasteiger partial charge in [-0.25, -0.2) is 0 Å². The number of ether oxygens (including phenoxy) is 1. The number of carbonyl (C=O) groups excluding carboxylic acids is 1. The number of rotatable bonds is 5. The highest BCUT2D eigenvalue weighted by Gasteiger charge is 2.12. The third-order valence-corrected chi connectivity index (χ3v) is 2.70. The van der Waals surface area contributed by atoms with Crippen molar-refractivity contribution in [2.24, 2.45) is 0 Å². The van der Waals surface area contributed by atoms with Crippen LogP contribution in [-0.4, -0.2) is 75.7 Å². The summed E-state index contributed by atoms with van der Waals surface area (Å²) in [4.78, 5) is 15.5. The fraction of sp³-hybridized carbons (Fsp3) is 0.900. The first kappa shape index (κ1) is 12.4. The minimum atomic E-state index is -0.201. The number of nitrogens with one attached hydrogen (secondary N) is 1. The second-order valence-electron chi connectivity index (χ2n) is 3.90. The first-order valence-corrected chi connectivity index (χ1v) is 5.41. The Balaban J connectivity index is 1.98. The first-order valence-electron chi connectivity index (χ1n) is 5.41. The van der Waals surface area contributed by atoms with Gasteiger partial charge in [0.2, 0.25) is 0 Å². The van der Waals surface area contributed by atoms with Gasteiger partial charge in [-0.15, -0.1) is 0 Å². The van der Waals surface area contributed by atoms with Gasteiger partial charge in [0.1, 0.15) is 0 Å². The molecule has 0 unspecified atom stereocenters. The quantitative estimate of drug-likeness (QED) is 0.470. The Hall–Kier alpha value is -0.650. The molecule has 1 rings (SSSR count). The molecule has 15 heavy (non-hydrogen) atoms. The van der Waals surface area contributed by atoms with Crippen molar-refractivity contribution in [2.45, 2.75) is 0 Å². The summed E-state index contributed by atoms with van der Waals surface area (Å²) >= 11 is 0. The van der Waals surface area contributed by atoms with Crippen LogP contribution in [0.5, 0.6) is 0 Å². The van der Waals surface area contributed by atoms with Crippen LogP contribution in [0.15, 0.2) is 0 Å². The zero-order valence-corrected chi connectivity index (χ0v) is 9.66. The molecule has 0 aromatic carbocycles. The van der Waals surface area contributed by atoms with E-state index in [-0.39, 0.29) is 5.97 Å². The van der Waals surface area contributed by atoms with Crippen LogP contribution in [0.25, 0.3) is 0 Å². The van der Waals surface area contributed by atoms with Crippen LogP contribution in [-0.2, 0) is 9.53 Å².